The van der Waals surface area contributed by atoms with Crippen molar-refractivity contribution >= 4 is 17.5 Å². The molecule has 1 amide bonds. The minimum Gasteiger partial charge on any atom is -0.367 e. The lowest BCUT2D eigenvalue weighted by Gasteiger charge is -2.34. The molecular weight excluding hydrogens is 252 g/mol. The van der Waals surface area contributed by atoms with E-state index in [0.717, 1.165) is 37.1 Å². The zero-order valence-electron chi connectivity index (χ0n) is 9.91. The molecule has 1 saturated heterocycles. The first-order valence-electron chi connectivity index (χ1n) is 6.10. The first kappa shape index (κ1) is 12.0. The quantitative estimate of drug-likeness (QED) is 0.809. The van der Waals surface area contributed by atoms with Crippen LogP contribution in [0.5, 0.6) is 0 Å². The Morgan fingerprint density at radius 3 is 2.83 bits per heavy atom. The molecule has 0 saturated carbocycles. The third-order valence-electron chi connectivity index (χ3n) is 3.80. The van der Waals surface area contributed by atoms with Gasteiger partial charge in [-0.1, -0.05) is 17.7 Å². The smallest absolute Gasteiger partial charge is 0.251 e. The lowest BCUT2D eigenvalue weighted by molar-refractivity contribution is -0.144. The van der Waals surface area contributed by atoms with Gasteiger partial charge in [0.25, 0.3) is 5.91 Å². The van der Waals surface area contributed by atoms with Crippen molar-refractivity contribution in [2.45, 2.75) is 24.5 Å². The van der Waals surface area contributed by atoms with Crippen molar-refractivity contribution in [1.82, 2.24) is 5.32 Å². The van der Waals surface area contributed by atoms with Crippen molar-refractivity contribution < 1.29 is 9.53 Å². The van der Waals surface area contributed by atoms with E-state index in [2.05, 4.69) is 5.32 Å². The summed E-state index contributed by atoms with van der Waals surface area (Å²) in [5.74, 6) is -0.436. The molecule has 3 N–H and O–H groups in total. The number of halogens is 1. The molecule has 1 aromatic rings. The second kappa shape index (κ2) is 4.23. The second-order valence-corrected chi connectivity index (χ2v) is 5.31. The number of carbonyl (C=O) groups excluding carboxylic acids is 1. The fraction of sp³-hybridized carbons (Fsp3) is 0.462. The average Bonchev–Trinajstić information content (AvgIpc) is 2.65. The van der Waals surface area contributed by atoms with Gasteiger partial charge in [-0.25, -0.2) is 0 Å². The monoisotopic (exact) mass is 266 g/mol. The molecule has 5 heteroatoms. The normalized spacial score (nSPS) is 25.1. The largest absolute Gasteiger partial charge is 0.367 e. The van der Waals surface area contributed by atoms with E-state index in [-0.39, 0.29) is 0 Å². The number of fused-ring (bicyclic) bond motifs is 2. The predicted octanol–water partition coefficient (Wildman–Crippen LogP) is 1.48. The summed E-state index contributed by atoms with van der Waals surface area (Å²) < 4.78 is 6.00. The molecule has 96 valence electrons. The number of carbonyl (C=O) groups is 1. The molecule has 1 atom stereocenters. The highest BCUT2D eigenvalue weighted by atomic mass is 35.5. The van der Waals surface area contributed by atoms with Crippen LogP contribution in [0, 0.1) is 0 Å². The van der Waals surface area contributed by atoms with Gasteiger partial charge in [0.15, 0.2) is 6.10 Å². The maximum absolute atomic E-state index is 11.5. The van der Waals surface area contributed by atoms with Crippen LogP contribution in [0.3, 0.4) is 0 Å². The van der Waals surface area contributed by atoms with Crippen molar-refractivity contribution in [3.8, 4) is 0 Å². The molecule has 18 heavy (non-hydrogen) atoms. The summed E-state index contributed by atoms with van der Waals surface area (Å²) in [7, 11) is 0. The molecule has 2 aliphatic heterocycles. The van der Waals surface area contributed by atoms with E-state index in [1.165, 1.54) is 0 Å². The highest BCUT2D eigenvalue weighted by molar-refractivity contribution is 6.30. The lowest BCUT2D eigenvalue weighted by atomic mass is 9.84. The molecule has 4 nitrogen and oxygen atoms in total. The Labute approximate surface area is 110 Å². The Morgan fingerprint density at radius 2 is 2.17 bits per heavy atom. The summed E-state index contributed by atoms with van der Waals surface area (Å²) in [5, 5.41) is 3.96. The van der Waals surface area contributed by atoms with Gasteiger partial charge in [-0.15, -0.1) is 0 Å². The van der Waals surface area contributed by atoms with Crippen LogP contribution in [0.25, 0.3) is 0 Å². The van der Waals surface area contributed by atoms with Gasteiger partial charge < -0.3 is 15.8 Å². The van der Waals surface area contributed by atoms with Crippen molar-refractivity contribution in [2.24, 2.45) is 5.73 Å². The number of primary amides is 1. The van der Waals surface area contributed by atoms with Crippen LogP contribution in [-0.4, -0.2) is 19.0 Å². The third-order valence-corrected chi connectivity index (χ3v) is 4.04. The van der Waals surface area contributed by atoms with E-state index in [4.69, 9.17) is 22.1 Å². The summed E-state index contributed by atoms with van der Waals surface area (Å²) in [6.45, 7) is 1.74. The number of ether oxygens (including phenoxy) is 1. The van der Waals surface area contributed by atoms with Gasteiger partial charge in [-0.05, 0) is 49.2 Å². The Kier molecular flexibility index (Phi) is 2.81. The molecule has 1 fully saturated rings. The number of rotatable bonds is 1. The van der Waals surface area contributed by atoms with E-state index in [0.29, 0.717) is 5.02 Å². The topological polar surface area (TPSA) is 64.4 Å². The number of hydrogen-bond donors (Lipinski definition) is 2. The first-order chi connectivity index (χ1) is 8.62. The first-order valence-corrected chi connectivity index (χ1v) is 6.48. The predicted molar refractivity (Wildman–Crippen MR) is 68.3 cm³/mol. The van der Waals surface area contributed by atoms with Gasteiger partial charge in [-0.3, -0.25) is 4.79 Å². The molecule has 2 aliphatic rings. The molecule has 0 aromatic heterocycles. The minimum atomic E-state index is -0.643. The van der Waals surface area contributed by atoms with Crippen LogP contribution in [0.1, 0.15) is 30.1 Å². The number of hydrogen-bond acceptors (Lipinski definition) is 3. The van der Waals surface area contributed by atoms with E-state index in [1.54, 1.807) is 6.07 Å². The summed E-state index contributed by atoms with van der Waals surface area (Å²) in [6.07, 6.45) is 1.03. The Balaban J connectivity index is 2.10. The average molecular weight is 267 g/mol. The van der Waals surface area contributed by atoms with E-state index in [1.807, 2.05) is 12.1 Å². The third kappa shape index (κ3) is 1.72. The molecule has 0 bridgehead atoms. The van der Waals surface area contributed by atoms with Gasteiger partial charge in [0.1, 0.15) is 0 Å². The Bertz CT molecular complexity index is 498. The zero-order valence-corrected chi connectivity index (χ0v) is 10.7. The van der Waals surface area contributed by atoms with Crippen molar-refractivity contribution in [2.75, 3.05) is 13.1 Å². The maximum atomic E-state index is 11.5. The van der Waals surface area contributed by atoms with Gasteiger partial charge >= 0.3 is 0 Å². The van der Waals surface area contributed by atoms with Crippen LogP contribution in [0.4, 0.5) is 0 Å². The van der Waals surface area contributed by atoms with Crippen LogP contribution < -0.4 is 11.1 Å². The van der Waals surface area contributed by atoms with Crippen LogP contribution in [-0.2, 0) is 15.1 Å². The number of piperidine rings is 1. The van der Waals surface area contributed by atoms with Gasteiger partial charge in [0, 0.05) is 5.02 Å². The Hall–Kier alpha value is -1.10. The summed E-state index contributed by atoms with van der Waals surface area (Å²) in [4.78, 5) is 11.5. The van der Waals surface area contributed by atoms with E-state index < -0.39 is 17.6 Å². The van der Waals surface area contributed by atoms with Crippen molar-refractivity contribution in [3.05, 3.63) is 34.3 Å². The fourth-order valence-corrected chi connectivity index (χ4v) is 3.11. The molecule has 0 aliphatic carbocycles. The molecule has 0 radical (unpaired) electrons. The zero-order chi connectivity index (χ0) is 12.8. The molecule has 3 rings (SSSR count). The summed E-state index contributed by atoms with van der Waals surface area (Å²) in [5.41, 5.74) is 6.93. The minimum absolute atomic E-state index is 0.398. The number of nitrogens with one attached hydrogen (secondary N) is 1. The van der Waals surface area contributed by atoms with E-state index >= 15 is 0 Å². The van der Waals surface area contributed by atoms with E-state index in [9.17, 15) is 4.79 Å². The SMILES string of the molecule is NC(=O)C1OC2(CCNCC2)c2cc(Cl)ccc21. The summed E-state index contributed by atoms with van der Waals surface area (Å²) >= 11 is 6.07. The number of amides is 1. The van der Waals surface area contributed by atoms with Crippen molar-refractivity contribution in [1.29, 1.82) is 0 Å². The number of nitrogens with two attached hydrogens (primary N) is 1. The molecule has 2 heterocycles. The van der Waals surface area contributed by atoms with Crippen molar-refractivity contribution in [3.63, 3.8) is 0 Å². The van der Waals surface area contributed by atoms with Crippen LogP contribution in [0.15, 0.2) is 18.2 Å². The standard InChI is InChI=1S/C13H15ClN2O2/c14-8-1-2-9-10(7-8)13(3-5-16-6-4-13)18-11(9)12(15)17/h1-2,7,11,16H,3-6H2,(H2,15,17). The van der Waals surface area contributed by atoms with Gasteiger partial charge in [0.2, 0.25) is 0 Å². The van der Waals surface area contributed by atoms with Gasteiger partial charge in [-0.2, -0.15) is 0 Å². The molecule has 1 spiro atoms. The highest BCUT2D eigenvalue weighted by Crippen LogP contribution is 2.48. The lowest BCUT2D eigenvalue weighted by Crippen LogP contribution is -2.40. The fourth-order valence-electron chi connectivity index (χ4n) is 2.93. The van der Waals surface area contributed by atoms with Gasteiger partial charge in [0.05, 0.1) is 5.60 Å². The summed E-state index contributed by atoms with van der Waals surface area (Å²) in [6, 6.07) is 5.54. The number of benzene rings is 1. The second-order valence-electron chi connectivity index (χ2n) is 4.88. The van der Waals surface area contributed by atoms with Crippen LogP contribution >= 0.6 is 11.6 Å². The van der Waals surface area contributed by atoms with Crippen LogP contribution in [0.2, 0.25) is 5.02 Å². The highest BCUT2D eigenvalue weighted by Gasteiger charge is 2.47. The maximum Gasteiger partial charge on any atom is 0.251 e. The molecule has 1 unspecified atom stereocenters. The molecular formula is C13H15ClN2O2. The Morgan fingerprint density at radius 1 is 1.44 bits per heavy atom. The molecule has 1 aromatic carbocycles.